The highest BCUT2D eigenvalue weighted by Crippen LogP contribution is 2.23. The maximum Gasteiger partial charge on any atom is 0.323 e. The van der Waals surface area contributed by atoms with E-state index in [-0.39, 0.29) is 23.9 Å². The second kappa shape index (κ2) is 11.5. The molecule has 2 saturated heterocycles. The number of nitrogens with zero attached hydrogens (tertiary/aromatic N) is 2. The monoisotopic (exact) mass is 438 g/mol. The van der Waals surface area contributed by atoms with Gasteiger partial charge in [0.15, 0.2) is 18.6 Å². The summed E-state index contributed by atoms with van der Waals surface area (Å²) in [6.07, 6.45) is 7.71. The molecule has 0 saturated carbocycles. The first-order valence-electron chi connectivity index (χ1n) is 11.7. The summed E-state index contributed by atoms with van der Waals surface area (Å²) in [6, 6.07) is 0.344. The number of esters is 2. The lowest BCUT2D eigenvalue weighted by atomic mass is 9.94. The molecule has 0 aromatic rings. The van der Waals surface area contributed by atoms with E-state index in [0.717, 1.165) is 51.4 Å². The van der Waals surface area contributed by atoms with Crippen LogP contribution in [-0.4, -0.2) is 71.9 Å². The van der Waals surface area contributed by atoms with Gasteiger partial charge in [-0.15, -0.1) is 0 Å². The van der Waals surface area contributed by atoms with Gasteiger partial charge in [-0.3, -0.25) is 19.2 Å². The quantitative estimate of drug-likeness (QED) is 0.427. The summed E-state index contributed by atoms with van der Waals surface area (Å²) >= 11 is 0. The second-order valence-electron chi connectivity index (χ2n) is 9.07. The number of likely N-dealkylation sites (tertiary alicyclic amines) is 2. The average molecular weight is 439 g/mol. The van der Waals surface area contributed by atoms with E-state index in [4.69, 9.17) is 9.47 Å². The van der Waals surface area contributed by atoms with Crippen molar-refractivity contribution in [2.45, 2.75) is 91.1 Å². The molecule has 0 unspecified atom stereocenters. The van der Waals surface area contributed by atoms with Crippen LogP contribution in [0, 0.1) is 5.41 Å². The van der Waals surface area contributed by atoms with Crippen molar-refractivity contribution in [2.75, 3.05) is 26.3 Å². The standard InChI is InChI=1S/C23H38N2O6/c1-5-17-11-7-9-13-24(17)19(26)15-30-21(28)23(3,4)22(29)31-16-20(27)25-14-10-8-12-18(25)6-2/h17-18H,5-16H2,1-4H3/t17-,18-/m1/s1. The van der Waals surface area contributed by atoms with Crippen molar-refractivity contribution in [3.63, 3.8) is 0 Å². The molecule has 2 amide bonds. The predicted octanol–water partition coefficient (Wildman–Crippen LogP) is 2.68. The summed E-state index contributed by atoms with van der Waals surface area (Å²) in [5.41, 5.74) is -1.60. The van der Waals surface area contributed by atoms with Crippen LogP contribution in [0.3, 0.4) is 0 Å². The van der Waals surface area contributed by atoms with Crippen molar-refractivity contribution in [1.29, 1.82) is 0 Å². The second-order valence-corrected chi connectivity index (χ2v) is 9.07. The molecular weight excluding hydrogens is 400 g/mol. The minimum atomic E-state index is -1.60. The van der Waals surface area contributed by atoms with E-state index in [1.807, 2.05) is 13.8 Å². The van der Waals surface area contributed by atoms with Gasteiger partial charge >= 0.3 is 11.9 Å². The molecule has 2 fully saturated rings. The number of amides is 2. The van der Waals surface area contributed by atoms with Crippen LogP contribution < -0.4 is 0 Å². The number of piperidine rings is 2. The summed E-state index contributed by atoms with van der Waals surface area (Å²) in [5, 5.41) is 0. The molecule has 8 heteroatoms. The molecule has 0 aromatic carbocycles. The van der Waals surface area contributed by atoms with Crippen LogP contribution in [0.15, 0.2) is 0 Å². The van der Waals surface area contributed by atoms with E-state index >= 15 is 0 Å². The Hall–Kier alpha value is -2.12. The number of hydrogen-bond acceptors (Lipinski definition) is 6. The van der Waals surface area contributed by atoms with Gasteiger partial charge in [-0.1, -0.05) is 13.8 Å². The summed E-state index contributed by atoms with van der Waals surface area (Å²) in [5.74, 6) is -2.13. The molecular formula is C23H38N2O6. The van der Waals surface area contributed by atoms with Gasteiger partial charge in [-0.25, -0.2) is 0 Å². The van der Waals surface area contributed by atoms with E-state index in [1.165, 1.54) is 13.8 Å². The smallest absolute Gasteiger partial charge is 0.323 e. The normalized spacial score (nSPS) is 22.1. The van der Waals surface area contributed by atoms with Crippen molar-refractivity contribution in [3.05, 3.63) is 0 Å². The number of carbonyl (C=O) groups excluding carboxylic acids is 4. The molecule has 0 bridgehead atoms. The molecule has 2 atom stereocenters. The maximum absolute atomic E-state index is 12.5. The summed E-state index contributed by atoms with van der Waals surface area (Å²) < 4.78 is 10.3. The molecule has 0 radical (unpaired) electrons. The largest absolute Gasteiger partial charge is 0.455 e. The Balaban J connectivity index is 1.84. The van der Waals surface area contributed by atoms with Gasteiger partial charge in [0.25, 0.3) is 11.8 Å². The third kappa shape index (κ3) is 6.43. The third-order valence-electron chi connectivity index (χ3n) is 6.51. The van der Waals surface area contributed by atoms with Crippen molar-refractivity contribution < 1.29 is 28.7 Å². The molecule has 0 N–H and O–H groups in total. The van der Waals surface area contributed by atoms with Crippen LogP contribution in [0.5, 0.6) is 0 Å². The van der Waals surface area contributed by atoms with Gasteiger partial charge in [-0.05, 0) is 65.2 Å². The number of hydrogen-bond donors (Lipinski definition) is 0. The van der Waals surface area contributed by atoms with Gasteiger partial charge in [0.1, 0.15) is 0 Å². The van der Waals surface area contributed by atoms with Crippen molar-refractivity contribution in [1.82, 2.24) is 9.80 Å². The highest BCUT2D eigenvalue weighted by atomic mass is 16.6. The lowest BCUT2D eigenvalue weighted by molar-refractivity contribution is -0.174. The SMILES string of the molecule is CC[C@@H]1CCCCN1C(=O)COC(=O)C(C)(C)C(=O)OCC(=O)N1CCCC[C@H]1CC. The molecule has 2 rings (SSSR count). The van der Waals surface area contributed by atoms with Crippen LogP contribution >= 0.6 is 0 Å². The molecule has 176 valence electrons. The fourth-order valence-electron chi connectivity index (χ4n) is 4.37. The van der Waals surface area contributed by atoms with E-state index in [2.05, 4.69) is 0 Å². The number of ether oxygens (including phenoxy) is 2. The van der Waals surface area contributed by atoms with Crippen LogP contribution in [-0.2, 0) is 28.7 Å². The van der Waals surface area contributed by atoms with Crippen molar-refractivity contribution >= 4 is 23.8 Å². The lowest BCUT2D eigenvalue weighted by Crippen LogP contribution is -2.47. The highest BCUT2D eigenvalue weighted by molar-refractivity contribution is 6.00. The first kappa shape index (κ1) is 25.1. The van der Waals surface area contributed by atoms with E-state index in [1.54, 1.807) is 9.80 Å². The Morgan fingerprint density at radius 3 is 1.48 bits per heavy atom. The first-order valence-corrected chi connectivity index (χ1v) is 11.7. The van der Waals surface area contributed by atoms with Gasteiger partial charge in [0, 0.05) is 25.2 Å². The lowest BCUT2D eigenvalue weighted by Gasteiger charge is -2.35. The molecule has 0 aromatic heterocycles. The minimum Gasteiger partial charge on any atom is -0.455 e. The van der Waals surface area contributed by atoms with Gasteiger partial charge in [-0.2, -0.15) is 0 Å². The molecule has 0 aliphatic carbocycles. The molecule has 2 aliphatic heterocycles. The molecule has 8 nitrogen and oxygen atoms in total. The zero-order valence-corrected chi connectivity index (χ0v) is 19.5. The third-order valence-corrected chi connectivity index (χ3v) is 6.51. The fraction of sp³-hybridized carbons (Fsp3) is 0.826. The zero-order valence-electron chi connectivity index (χ0n) is 19.5. The Kier molecular flexibility index (Phi) is 9.32. The number of rotatable bonds is 8. The molecule has 31 heavy (non-hydrogen) atoms. The summed E-state index contributed by atoms with van der Waals surface area (Å²) in [6.45, 7) is 7.39. The van der Waals surface area contributed by atoms with Gasteiger partial charge < -0.3 is 19.3 Å². The summed E-state index contributed by atoms with van der Waals surface area (Å²) in [7, 11) is 0. The van der Waals surface area contributed by atoms with Crippen LogP contribution in [0.1, 0.15) is 79.1 Å². The Bertz CT molecular complexity index is 608. The average Bonchev–Trinajstić information content (AvgIpc) is 2.80. The van der Waals surface area contributed by atoms with Gasteiger partial charge in [0.05, 0.1) is 0 Å². The van der Waals surface area contributed by atoms with Gasteiger partial charge in [0.2, 0.25) is 0 Å². The minimum absolute atomic E-state index is 0.172. The Morgan fingerprint density at radius 1 is 0.742 bits per heavy atom. The number of carbonyl (C=O) groups is 4. The maximum atomic E-state index is 12.5. The van der Waals surface area contributed by atoms with Crippen LogP contribution in [0.25, 0.3) is 0 Å². The topological polar surface area (TPSA) is 93.2 Å². The molecule has 2 heterocycles. The Labute approximate surface area is 185 Å². The highest BCUT2D eigenvalue weighted by Gasteiger charge is 2.41. The molecule has 2 aliphatic rings. The molecule has 0 spiro atoms. The van der Waals surface area contributed by atoms with Crippen LogP contribution in [0.2, 0.25) is 0 Å². The van der Waals surface area contributed by atoms with Crippen molar-refractivity contribution in [2.24, 2.45) is 5.41 Å². The first-order chi connectivity index (χ1) is 14.7. The summed E-state index contributed by atoms with van der Waals surface area (Å²) in [4.78, 5) is 53.5. The zero-order chi connectivity index (χ0) is 23.0. The van der Waals surface area contributed by atoms with Crippen molar-refractivity contribution in [3.8, 4) is 0 Å². The van der Waals surface area contributed by atoms with E-state index in [0.29, 0.717) is 13.1 Å². The Morgan fingerprint density at radius 2 is 1.13 bits per heavy atom. The van der Waals surface area contributed by atoms with Crippen LogP contribution in [0.4, 0.5) is 0 Å². The predicted molar refractivity (Wildman–Crippen MR) is 115 cm³/mol. The fourth-order valence-corrected chi connectivity index (χ4v) is 4.37. The van der Waals surface area contributed by atoms with E-state index in [9.17, 15) is 19.2 Å². The van der Waals surface area contributed by atoms with E-state index < -0.39 is 30.6 Å².